The molecule has 0 aliphatic rings. The molecule has 2 aromatic heterocycles. The van der Waals surface area contributed by atoms with Crippen molar-refractivity contribution in [1.29, 1.82) is 0 Å². The fraction of sp³-hybridized carbons (Fsp3) is 0.0476. The Morgan fingerprint density at radius 1 is 0.806 bits per heavy atom. The molecule has 0 atom stereocenters. The van der Waals surface area contributed by atoms with Crippen LogP contribution in [0.2, 0.25) is 0 Å². The Morgan fingerprint density at radius 2 is 1.39 bits per heavy atom. The lowest BCUT2D eigenvalue weighted by atomic mass is 10.0. The molecule has 2 aromatic carbocycles. The molecule has 4 rings (SSSR count). The number of aromatic nitrogens is 3. The SMILES string of the molecule is O=S(=O)(Nn1nc(C(F)(F)F)cc1-c1ccc(-c2ccncc2)cc1)c1ccccc1. The number of sulfonamides is 1. The number of nitrogens with zero attached hydrogens (tertiary/aromatic N) is 3. The molecule has 0 saturated heterocycles. The maximum absolute atomic E-state index is 13.3. The first-order valence-corrected chi connectivity index (χ1v) is 10.5. The van der Waals surface area contributed by atoms with Crippen molar-refractivity contribution in [1.82, 2.24) is 14.9 Å². The van der Waals surface area contributed by atoms with Crippen molar-refractivity contribution >= 4 is 10.0 Å². The van der Waals surface area contributed by atoms with Crippen molar-refractivity contribution in [2.75, 3.05) is 4.83 Å². The second-order valence-corrected chi connectivity index (χ2v) is 8.21. The summed E-state index contributed by atoms with van der Waals surface area (Å²) >= 11 is 0. The lowest BCUT2D eigenvalue weighted by Gasteiger charge is -2.11. The topological polar surface area (TPSA) is 76.9 Å². The van der Waals surface area contributed by atoms with Crippen LogP contribution in [0.4, 0.5) is 13.2 Å². The highest BCUT2D eigenvalue weighted by atomic mass is 32.2. The Hall–Kier alpha value is -3.66. The van der Waals surface area contributed by atoms with Crippen LogP contribution in [0.25, 0.3) is 22.4 Å². The second-order valence-electron chi connectivity index (χ2n) is 6.55. The van der Waals surface area contributed by atoms with E-state index in [1.807, 2.05) is 0 Å². The van der Waals surface area contributed by atoms with Crippen LogP contribution < -0.4 is 4.83 Å². The number of nitrogens with one attached hydrogen (secondary N) is 1. The molecular formula is C21H15F3N4O2S. The minimum absolute atomic E-state index is 0.0480. The van der Waals surface area contributed by atoms with Crippen LogP contribution in [0.1, 0.15) is 5.69 Å². The normalized spacial score (nSPS) is 12.0. The van der Waals surface area contributed by atoms with Crippen LogP contribution in [0, 0.1) is 0 Å². The molecule has 0 amide bonds. The molecule has 0 bridgehead atoms. The summed E-state index contributed by atoms with van der Waals surface area (Å²) in [5, 5.41) is 3.44. The molecule has 0 fully saturated rings. The zero-order chi connectivity index (χ0) is 22.1. The number of alkyl halides is 3. The quantitative estimate of drug-likeness (QED) is 0.490. The van der Waals surface area contributed by atoms with Crippen LogP contribution in [0.15, 0.2) is 90.1 Å². The Kier molecular flexibility index (Phi) is 5.24. The van der Waals surface area contributed by atoms with Crippen molar-refractivity contribution in [3.8, 4) is 22.4 Å². The van der Waals surface area contributed by atoms with E-state index in [0.717, 1.165) is 17.2 Å². The Bertz CT molecular complexity index is 1290. The molecule has 2 heterocycles. The van der Waals surface area contributed by atoms with Crippen LogP contribution in [-0.4, -0.2) is 23.3 Å². The van der Waals surface area contributed by atoms with Gasteiger partial charge in [0.1, 0.15) is 0 Å². The lowest BCUT2D eigenvalue weighted by molar-refractivity contribution is -0.141. The van der Waals surface area contributed by atoms with Crippen molar-refractivity contribution in [3.05, 3.63) is 90.9 Å². The van der Waals surface area contributed by atoms with Gasteiger partial charge in [0, 0.05) is 18.0 Å². The van der Waals surface area contributed by atoms with E-state index in [4.69, 9.17) is 0 Å². The lowest BCUT2D eigenvalue weighted by Crippen LogP contribution is -2.25. The van der Waals surface area contributed by atoms with Gasteiger partial charge in [-0.1, -0.05) is 42.5 Å². The summed E-state index contributed by atoms with van der Waals surface area (Å²) in [4.78, 5) is 6.59. The molecule has 4 aromatic rings. The smallest absolute Gasteiger partial charge is 0.265 e. The van der Waals surface area contributed by atoms with E-state index in [2.05, 4.69) is 14.9 Å². The maximum atomic E-state index is 13.3. The molecule has 0 unspecified atom stereocenters. The van der Waals surface area contributed by atoms with Gasteiger partial charge in [0.15, 0.2) is 5.69 Å². The Morgan fingerprint density at radius 3 is 2.00 bits per heavy atom. The van der Waals surface area contributed by atoms with Crippen molar-refractivity contribution < 1.29 is 21.6 Å². The van der Waals surface area contributed by atoms with Gasteiger partial charge in [-0.15, -0.1) is 5.10 Å². The van der Waals surface area contributed by atoms with Gasteiger partial charge >= 0.3 is 6.18 Å². The number of pyridine rings is 1. The third kappa shape index (κ3) is 4.43. The molecular weight excluding hydrogens is 429 g/mol. The minimum atomic E-state index is -4.74. The van der Waals surface area contributed by atoms with Crippen molar-refractivity contribution in [2.24, 2.45) is 0 Å². The minimum Gasteiger partial charge on any atom is -0.265 e. The monoisotopic (exact) mass is 444 g/mol. The highest BCUT2D eigenvalue weighted by Gasteiger charge is 2.35. The number of rotatable bonds is 5. The molecule has 6 nitrogen and oxygen atoms in total. The molecule has 0 saturated carbocycles. The number of benzene rings is 2. The van der Waals surface area contributed by atoms with Gasteiger partial charge in [0.25, 0.3) is 10.0 Å². The zero-order valence-electron chi connectivity index (χ0n) is 15.8. The van der Waals surface area contributed by atoms with E-state index in [1.54, 1.807) is 54.9 Å². The van der Waals surface area contributed by atoms with E-state index < -0.39 is 21.9 Å². The Balaban J connectivity index is 1.74. The Labute approximate surface area is 176 Å². The summed E-state index contributed by atoms with van der Waals surface area (Å²) in [5.74, 6) is 0. The average Bonchev–Trinajstić information content (AvgIpc) is 3.19. The molecule has 0 aliphatic carbocycles. The molecule has 0 aliphatic heterocycles. The largest absolute Gasteiger partial charge is 0.435 e. The molecule has 0 radical (unpaired) electrons. The van der Waals surface area contributed by atoms with Gasteiger partial charge in [-0.2, -0.15) is 31.2 Å². The van der Waals surface area contributed by atoms with Gasteiger partial charge in [-0.25, -0.2) is 0 Å². The highest BCUT2D eigenvalue weighted by molar-refractivity contribution is 7.92. The van der Waals surface area contributed by atoms with E-state index >= 15 is 0 Å². The van der Waals surface area contributed by atoms with Gasteiger partial charge in [0.05, 0.1) is 10.6 Å². The maximum Gasteiger partial charge on any atom is 0.435 e. The average molecular weight is 444 g/mol. The summed E-state index contributed by atoms with van der Waals surface area (Å²) < 4.78 is 65.1. The third-order valence-corrected chi connectivity index (χ3v) is 5.76. The van der Waals surface area contributed by atoms with E-state index in [0.29, 0.717) is 10.4 Å². The first kappa shape index (κ1) is 20.6. The van der Waals surface area contributed by atoms with Crippen molar-refractivity contribution in [3.63, 3.8) is 0 Å². The van der Waals surface area contributed by atoms with Gasteiger partial charge in [0.2, 0.25) is 0 Å². The predicted molar refractivity (Wildman–Crippen MR) is 109 cm³/mol. The highest BCUT2D eigenvalue weighted by Crippen LogP contribution is 2.32. The van der Waals surface area contributed by atoms with Crippen LogP contribution in [0.5, 0.6) is 0 Å². The number of hydrogen-bond acceptors (Lipinski definition) is 4. The van der Waals surface area contributed by atoms with Crippen LogP contribution in [-0.2, 0) is 16.2 Å². The van der Waals surface area contributed by atoms with Gasteiger partial charge in [-0.3, -0.25) is 4.98 Å². The van der Waals surface area contributed by atoms with Crippen LogP contribution >= 0.6 is 0 Å². The second kappa shape index (κ2) is 7.88. The molecule has 31 heavy (non-hydrogen) atoms. The predicted octanol–water partition coefficient (Wildman–Crippen LogP) is 4.56. The van der Waals surface area contributed by atoms with Gasteiger partial charge in [-0.05, 0) is 41.5 Å². The fourth-order valence-corrected chi connectivity index (χ4v) is 3.93. The first-order chi connectivity index (χ1) is 14.7. The number of hydrogen-bond donors (Lipinski definition) is 1. The van der Waals surface area contributed by atoms with Gasteiger partial charge < -0.3 is 0 Å². The number of halogens is 3. The molecule has 10 heteroatoms. The molecule has 1 N–H and O–H groups in total. The summed E-state index contributed by atoms with van der Waals surface area (Å²) in [6, 6.07) is 18.4. The van der Waals surface area contributed by atoms with E-state index in [9.17, 15) is 21.6 Å². The van der Waals surface area contributed by atoms with E-state index in [1.165, 1.54) is 24.3 Å². The first-order valence-electron chi connectivity index (χ1n) is 9.00. The summed E-state index contributed by atoms with van der Waals surface area (Å²) in [5.41, 5.74) is 0.815. The van der Waals surface area contributed by atoms with Crippen LogP contribution in [0.3, 0.4) is 0 Å². The third-order valence-electron chi connectivity index (χ3n) is 4.45. The molecule has 158 valence electrons. The summed E-state index contributed by atoms with van der Waals surface area (Å²) in [7, 11) is -4.15. The standard InChI is InChI=1S/C21H15F3N4O2S/c22-21(23,24)20-14-19(17-8-6-15(7-9-17)16-10-12-25-13-11-16)28(26-20)27-31(29,30)18-4-2-1-3-5-18/h1-14,27H. The summed E-state index contributed by atoms with van der Waals surface area (Å²) in [6.45, 7) is 0. The summed E-state index contributed by atoms with van der Waals surface area (Å²) in [6.07, 6.45) is -1.48. The fourth-order valence-electron chi connectivity index (χ4n) is 2.94. The van der Waals surface area contributed by atoms with E-state index in [-0.39, 0.29) is 10.6 Å². The van der Waals surface area contributed by atoms with Crippen molar-refractivity contribution in [2.45, 2.75) is 11.1 Å². The zero-order valence-corrected chi connectivity index (χ0v) is 16.6. The molecule has 0 spiro atoms.